The molecule has 1 rings (SSSR count). The first kappa shape index (κ1) is 17.7. The van der Waals surface area contributed by atoms with Gasteiger partial charge in [-0.3, -0.25) is 5.32 Å². The number of benzene rings is 1. The fraction of sp³-hybridized carbons (Fsp3) is 0.611. The Kier molecular flexibility index (Phi) is 7.42. The Labute approximate surface area is 129 Å². The molecule has 1 aromatic carbocycles. The van der Waals surface area contributed by atoms with Crippen molar-refractivity contribution >= 4 is 0 Å². The molecule has 1 atom stereocenters. The Morgan fingerprint density at radius 3 is 2.38 bits per heavy atom. The zero-order valence-electron chi connectivity index (χ0n) is 13.7. The molecule has 0 spiro atoms. The fourth-order valence-electron chi connectivity index (χ4n) is 2.37. The average molecular weight is 288 g/mol. The summed E-state index contributed by atoms with van der Waals surface area (Å²) in [6.45, 7) is 9.60. The van der Waals surface area contributed by atoms with Gasteiger partial charge in [-0.25, -0.2) is 0 Å². The largest absolute Gasteiger partial charge is 0.378 e. The fourth-order valence-corrected chi connectivity index (χ4v) is 2.37. The van der Waals surface area contributed by atoms with E-state index in [1.54, 1.807) is 0 Å². The quantitative estimate of drug-likeness (QED) is 0.702. The standard InChI is InChI=1S/C18H28N2O/c1-15(2)9-8-12-21-14-18(13-19,20-16(3)4)17-10-6-5-7-11-17/h5-7,10-11,15-16,20H,8-9,12,14H2,1-4H3. The number of nitriles is 1. The smallest absolute Gasteiger partial charge is 0.156 e. The predicted octanol–water partition coefficient (Wildman–Crippen LogP) is 3.86. The summed E-state index contributed by atoms with van der Waals surface area (Å²) < 4.78 is 5.81. The van der Waals surface area contributed by atoms with Gasteiger partial charge < -0.3 is 4.74 Å². The minimum Gasteiger partial charge on any atom is -0.378 e. The molecule has 0 fully saturated rings. The van der Waals surface area contributed by atoms with Crippen LogP contribution in [-0.4, -0.2) is 19.3 Å². The maximum atomic E-state index is 9.73. The summed E-state index contributed by atoms with van der Waals surface area (Å²) in [5.74, 6) is 0.692. The SMILES string of the molecule is CC(C)CCCOCC(C#N)(NC(C)C)c1ccccc1. The number of rotatable bonds is 9. The number of ether oxygens (including phenoxy) is 1. The van der Waals surface area contributed by atoms with Gasteiger partial charge in [0.15, 0.2) is 5.54 Å². The second kappa shape index (κ2) is 8.81. The monoisotopic (exact) mass is 288 g/mol. The van der Waals surface area contributed by atoms with E-state index < -0.39 is 5.54 Å². The zero-order chi connectivity index (χ0) is 15.7. The first-order valence-corrected chi connectivity index (χ1v) is 7.82. The topological polar surface area (TPSA) is 45.0 Å². The van der Waals surface area contributed by atoms with Gasteiger partial charge in [0.25, 0.3) is 0 Å². The summed E-state index contributed by atoms with van der Waals surface area (Å²) in [5, 5.41) is 13.1. The molecule has 0 saturated carbocycles. The lowest BCUT2D eigenvalue weighted by Crippen LogP contribution is -2.48. The predicted molar refractivity (Wildman–Crippen MR) is 86.9 cm³/mol. The van der Waals surface area contributed by atoms with Crippen molar-refractivity contribution in [2.45, 2.75) is 52.1 Å². The van der Waals surface area contributed by atoms with Crippen molar-refractivity contribution in [1.82, 2.24) is 5.32 Å². The van der Waals surface area contributed by atoms with Crippen molar-refractivity contribution in [1.29, 1.82) is 5.26 Å². The molecule has 0 aromatic heterocycles. The molecule has 1 aromatic rings. The molecule has 21 heavy (non-hydrogen) atoms. The van der Waals surface area contributed by atoms with Crippen LogP contribution in [0.5, 0.6) is 0 Å². The molecule has 0 heterocycles. The summed E-state index contributed by atoms with van der Waals surface area (Å²) in [5.41, 5.74) is 0.192. The Balaban J connectivity index is 2.71. The van der Waals surface area contributed by atoms with Crippen LogP contribution in [0.2, 0.25) is 0 Å². The lowest BCUT2D eigenvalue weighted by atomic mass is 9.91. The molecule has 116 valence electrons. The van der Waals surface area contributed by atoms with Gasteiger partial charge in [-0.2, -0.15) is 5.26 Å². The minimum atomic E-state index is -0.771. The lowest BCUT2D eigenvalue weighted by Gasteiger charge is -2.30. The van der Waals surface area contributed by atoms with E-state index in [2.05, 4.69) is 25.2 Å². The molecule has 0 saturated heterocycles. The van der Waals surface area contributed by atoms with Crippen LogP contribution in [0.4, 0.5) is 0 Å². The second-order valence-electron chi connectivity index (χ2n) is 6.27. The first-order chi connectivity index (χ1) is 10.00. The van der Waals surface area contributed by atoms with Gasteiger partial charge in [0.2, 0.25) is 0 Å². The van der Waals surface area contributed by atoms with Gasteiger partial charge >= 0.3 is 0 Å². The highest BCUT2D eigenvalue weighted by molar-refractivity contribution is 5.31. The van der Waals surface area contributed by atoms with Gasteiger partial charge in [0.1, 0.15) is 0 Å². The summed E-state index contributed by atoms with van der Waals surface area (Å²) in [6, 6.07) is 12.5. The van der Waals surface area contributed by atoms with Crippen LogP contribution in [0.15, 0.2) is 30.3 Å². The Morgan fingerprint density at radius 1 is 1.19 bits per heavy atom. The van der Waals surface area contributed by atoms with Crippen molar-refractivity contribution in [3.05, 3.63) is 35.9 Å². The number of nitrogens with one attached hydrogen (secondary N) is 1. The molecule has 1 N–H and O–H groups in total. The molecule has 3 nitrogen and oxygen atoms in total. The van der Waals surface area contributed by atoms with Crippen LogP contribution < -0.4 is 5.32 Å². The molecule has 0 aliphatic rings. The maximum absolute atomic E-state index is 9.73. The molecule has 0 amide bonds. The van der Waals surface area contributed by atoms with Crippen molar-refractivity contribution in [2.75, 3.05) is 13.2 Å². The maximum Gasteiger partial charge on any atom is 0.156 e. The van der Waals surface area contributed by atoms with Crippen molar-refractivity contribution < 1.29 is 4.74 Å². The Morgan fingerprint density at radius 2 is 1.86 bits per heavy atom. The summed E-state index contributed by atoms with van der Waals surface area (Å²) >= 11 is 0. The summed E-state index contributed by atoms with van der Waals surface area (Å²) in [6.07, 6.45) is 2.19. The van der Waals surface area contributed by atoms with Gasteiger partial charge in [-0.1, -0.05) is 44.2 Å². The molecule has 0 bridgehead atoms. The van der Waals surface area contributed by atoms with Crippen molar-refractivity contribution in [2.24, 2.45) is 5.92 Å². The van der Waals surface area contributed by atoms with Gasteiger partial charge in [0.05, 0.1) is 12.7 Å². The van der Waals surface area contributed by atoms with E-state index in [-0.39, 0.29) is 6.04 Å². The van der Waals surface area contributed by atoms with Crippen LogP contribution >= 0.6 is 0 Å². The molecule has 0 aliphatic carbocycles. The summed E-state index contributed by atoms with van der Waals surface area (Å²) in [7, 11) is 0. The van der Waals surface area contributed by atoms with Crippen LogP contribution in [-0.2, 0) is 10.3 Å². The lowest BCUT2D eigenvalue weighted by molar-refractivity contribution is 0.0809. The van der Waals surface area contributed by atoms with Crippen LogP contribution in [0.1, 0.15) is 46.1 Å². The molecule has 1 unspecified atom stereocenters. The number of nitrogens with zero attached hydrogens (tertiary/aromatic N) is 1. The summed E-state index contributed by atoms with van der Waals surface area (Å²) in [4.78, 5) is 0. The molecular weight excluding hydrogens is 260 g/mol. The normalized spacial score (nSPS) is 14.1. The average Bonchev–Trinajstić information content (AvgIpc) is 2.46. The highest BCUT2D eigenvalue weighted by atomic mass is 16.5. The van der Waals surface area contributed by atoms with E-state index >= 15 is 0 Å². The third kappa shape index (κ3) is 5.87. The van der Waals surface area contributed by atoms with Crippen LogP contribution in [0.25, 0.3) is 0 Å². The third-order valence-corrected chi connectivity index (χ3v) is 3.38. The Hall–Kier alpha value is -1.37. The Bertz CT molecular complexity index is 436. The number of hydrogen-bond donors (Lipinski definition) is 1. The van der Waals surface area contributed by atoms with Crippen LogP contribution in [0.3, 0.4) is 0 Å². The van der Waals surface area contributed by atoms with Gasteiger partial charge in [-0.05, 0) is 38.2 Å². The van der Waals surface area contributed by atoms with Crippen LogP contribution in [0, 0.1) is 17.2 Å². The van der Waals surface area contributed by atoms with Crippen molar-refractivity contribution in [3.8, 4) is 6.07 Å². The minimum absolute atomic E-state index is 0.212. The second-order valence-corrected chi connectivity index (χ2v) is 6.27. The molecular formula is C18H28N2O. The zero-order valence-corrected chi connectivity index (χ0v) is 13.7. The van der Waals surface area contributed by atoms with E-state index in [4.69, 9.17) is 4.74 Å². The highest BCUT2D eigenvalue weighted by Gasteiger charge is 2.33. The third-order valence-electron chi connectivity index (χ3n) is 3.38. The van der Waals surface area contributed by atoms with E-state index in [1.807, 2.05) is 44.2 Å². The van der Waals surface area contributed by atoms with E-state index in [0.29, 0.717) is 19.1 Å². The molecule has 0 aliphatic heterocycles. The van der Waals surface area contributed by atoms with E-state index in [9.17, 15) is 5.26 Å². The first-order valence-electron chi connectivity index (χ1n) is 7.82. The molecule has 3 heteroatoms. The van der Waals surface area contributed by atoms with E-state index in [1.165, 1.54) is 0 Å². The highest BCUT2D eigenvalue weighted by Crippen LogP contribution is 2.22. The molecule has 0 radical (unpaired) electrons. The van der Waals surface area contributed by atoms with Gasteiger partial charge in [0, 0.05) is 12.6 Å². The van der Waals surface area contributed by atoms with Crippen molar-refractivity contribution in [3.63, 3.8) is 0 Å². The number of hydrogen-bond acceptors (Lipinski definition) is 3. The van der Waals surface area contributed by atoms with Gasteiger partial charge in [-0.15, -0.1) is 0 Å². The van der Waals surface area contributed by atoms with E-state index in [0.717, 1.165) is 18.4 Å².